The molecule has 25 heteroatoms. The first-order valence-electron chi connectivity index (χ1n) is 12.7. The quantitative estimate of drug-likeness (QED) is 0.0955. The minimum absolute atomic E-state index is 0. The van der Waals surface area contributed by atoms with Gasteiger partial charge in [-0.2, -0.15) is 15.0 Å². The van der Waals surface area contributed by atoms with Crippen molar-refractivity contribution in [3.63, 3.8) is 0 Å². The molecule has 244 valence electrons. The van der Waals surface area contributed by atoms with Gasteiger partial charge in [0.25, 0.3) is 0 Å². The summed E-state index contributed by atoms with van der Waals surface area (Å²) in [6, 6.07) is 5.56. The van der Waals surface area contributed by atoms with Crippen molar-refractivity contribution in [1.82, 2.24) is 15.0 Å². The van der Waals surface area contributed by atoms with Crippen molar-refractivity contribution in [2.24, 2.45) is 10.2 Å². The van der Waals surface area contributed by atoms with Crippen LogP contribution in [-0.2, 0) is 35.1 Å². The Hall–Kier alpha value is -1.09. The summed E-state index contributed by atoms with van der Waals surface area (Å²) >= 11 is 6.09. The Morgan fingerprint density at radius 1 is 0.857 bits per heavy atom. The molecule has 1 aliphatic heterocycles. The summed E-state index contributed by atoms with van der Waals surface area (Å²) in [5.41, 5.74) is -1.57. The number of halogens is 1. The van der Waals surface area contributed by atoms with Crippen molar-refractivity contribution in [3.05, 3.63) is 47.2 Å². The molecule has 3 aromatic carbocycles. The average molecular weight is 782 g/mol. The van der Waals surface area contributed by atoms with Gasteiger partial charge < -0.3 is 33.7 Å². The van der Waals surface area contributed by atoms with Gasteiger partial charge in [0.15, 0.2) is 5.75 Å². The van der Waals surface area contributed by atoms with Gasteiger partial charge >= 0.3 is 88.7 Å². The molecule has 0 aliphatic carbocycles. The number of hydrogen-bond donors (Lipinski definition) is 2. The van der Waals surface area contributed by atoms with Gasteiger partial charge in [-0.05, 0) is 59.8 Å². The molecule has 49 heavy (non-hydrogen) atoms. The summed E-state index contributed by atoms with van der Waals surface area (Å²) < 4.78 is 113. The molecule has 1 saturated heterocycles. The normalized spacial score (nSPS) is 13.8. The summed E-state index contributed by atoms with van der Waals surface area (Å²) in [6.07, 6.45) is 0. The van der Waals surface area contributed by atoms with Crippen molar-refractivity contribution in [1.29, 1.82) is 0 Å². The fraction of sp³-hybridized carbons (Fsp3) is 0.208. The zero-order valence-electron chi connectivity index (χ0n) is 26.1. The van der Waals surface area contributed by atoms with Crippen LogP contribution in [0.1, 0.15) is 5.56 Å². The third kappa shape index (κ3) is 10.5. The summed E-state index contributed by atoms with van der Waals surface area (Å²) in [5.74, 6) is -1.26. The van der Waals surface area contributed by atoms with Crippen LogP contribution in [0.15, 0.2) is 61.3 Å². The van der Waals surface area contributed by atoms with Crippen LogP contribution in [0.4, 0.5) is 29.0 Å². The maximum Gasteiger partial charge on any atom is 1.00 e. The number of aromatic hydroxyl groups is 1. The molecule has 0 bridgehead atoms. The van der Waals surface area contributed by atoms with Gasteiger partial charge in [0.05, 0.1) is 33.6 Å². The number of nitrogens with one attached hydrogen (secondary N) is 1. The van der Waals surface area contributed by atoms with Crippen molar-refractivity contribution in [3.8, 4) is 5.75 Å². The second-order valence-corrected chi connectivity index (χ2v) is 14.0. The fourth-order valence-corrected chi connectivity index (χ4v) is 6.45. The van der Waals surface area contributed by atoms with Gasteiger partial charge in [-0.3, -0.25) is 0 Å². The predicted molar refractivity (Wildman–Crippen MR) is 156 cm³/mol. The first-order chi connectivity index (χ1) is 21.4. The molecule has 0 unspecified atom stereocenters. The largest absolute Gasteiger partial charge is 1.00 e. The molecule has 4 aromatic rings. The SMILES string of the molecule is Cc1ccc(N=Nc2c(S(=O)(=O)[O-])cc3cc(S(=O)(=O)[O-])cc(Nc4nc(Cl)nc(N5CCOCC5)n4)c3c2O)c(S(=O)(=O)[O-])c1.[Na+].[Na+].[Na+]. The average Bonchev–Trinajstić information content (AvgIpc) is 2.95. The standard InChI is InChI=1S/C24H22ClN7O11S3.3Na/c1-12-2-3-15(17(8-12)45(37,38)39)30-31-20-18(46(40,41)42)10-13-9-14(44(34,35)36)11-16(19(13)21(20)33)26-23-27-22(25)28-24(29-23)32-4-6-43-7-5-32;;;/h2-3,8-11,33H,4-7H2,1H3,(H,34,35,36)(H,37,38,39)(H,40,41,42)(H,26,27,28,29);;;/q;3*+1/p-3. The van der Waals surface area contributed by atoms with Gasteiger partial charge in [0.1, 0.15) is 41.7 Å². The van der Waals surface area contributed by atoms with Crippen LogP contribution < -0.4 is 98.9 Å². The van der Waals surface area contributed by atoms with E-state index in [2.05, 4.69) is 30.5 Å². The van der Waals surface area contributed by atoms with Crippen LogP contribution in [0.3, 0.4) is 0 Å². The minimum Gasteiger partial charge on any atom is -0.744 e. The zero-order chi connectivity index (χ0) is 33.6. The molecule has 0 saturated carbocycles. The topological polar surface area (TPSA) is 280 Å². The van der Waals surface area contributed by atoms with Gasteiger partial charge in [0, 0.05) is 18.5 Å². The number of ether oxygens (including phenoxy) is 1. The van der Waals surface area contributed by atoms with E-state index >= 15 is 0 Å². The van der Waals surface area contributed by atoms with E-state index in [0.29, 0.717) is 44.0 Å². The molecule has 1 aliphatic rings. The molecule has 18 nitrogen and oxygen atoms in total. The Bertz CT molecular complexity index is 2260. The molecule has 2 heterocycles. The van der Waals surface area contributed by atoms with Crippen LogP contribution in [0, 0.1) is 6.92 Å². The number of benzene rings is 3. The number of rotatable bonds is 8. The van der Waals surface area contributed by atoms with Crippen LogP contribution >= 0.6 is 11.6 Å². The van der Waals surface area contributed by atoms with Crippen LogP contribution in [0.25, 0.3) is 10.8 Å². The van der Waals surface area contributed by atoms with Crippen molar-refractivity contribution in [2.45, 2.75) is 21.6 Å². The van der Waals surface area contributed by atoms with E-state index in [1.54, 1.807) is 4.90 Å². The van der Waals surface area contributed by atoms with E-state index in [0.717, 1.165) is 18.2 Å². The van der Waals surface area contributed by atoms with Crippen LogP contribution in [0.2, 0.25) is 5.28 Å². The molecule has 0 atom stereocenters. The Labute approximate surface area is 351 Å². The Balaban J connectivity index is 0.00000278. The first kappa shape index (κ1) is 44.1. The fourth-order valence-electron chi connectivity index (χ4n) is 4.42. The van der Waals surface area contributed by atoms with Crippen LogP contribution in [-0.4, -0.2) is 85.3 Å². The minimum atomic E-state index is -5.50. The van der Waals surface area contributed by atoms with Crippen molar-refractivity contribution < 1.29 is 137 Å². The van der Waals surface area contributed by atoms with Crippen molar-refractivity contribution >= 4 is 81.7 Å². The number of aromatic nitrogens is 3. The van der Waals surface area contributed by atoms with Gasteiger partial charge in [-0.25, -0.2) is 25.3 Å². The van der Waals surface area contributed by atoms with E-state index in [9.17, 15) is 44.0 Å². The molecular formula is C24H19ClN7Na3O11S3. The number of fused-ring (bicyclic) bond motifs is 1. The maximum absolute atomic E-state index is 12.2. The number of phenols is 1. The monoisotopic (exact) mass is 781 g/mol. The van der Waals surface area contributed by atoms with Crippen LogP contribution in [0.5, 0.6) is 5.75 Å². The smallest absolute Gasteiger partial charge is 0.744 e. The van der Waals surface area contributed by atoms with Crippen molar-refractivity contribution in [2.75, 3.05) is 36.5 Å². The Kier molecular flexibility index (Phi) is 15.4. The van der Waals surface area contributed by atoms with Gasteiger partial charge in [-0.15, -0.1) is 10.2 Å². The third-order valence-electron chi connectivity index (χ3n) is 6.46. The van der Waals surface area contributed by atoms with E-state index in [-0.39, 0.29) is 112 Å². The number of phenolic OH excluding ortho intramolecular Hbond substituents is 1. The molecule has 1 fully saturated rings. The van der Waals surface area contributed by atoms with E-state index in [4.69, 9.17) is 16.3 Å². The molecule has 2 N–H and O–H groups in total. The van der Waals surface area contributed by atoms with Gasteiger partial charge in [-0.1, -0.05) is 6.07 Å². The number of aryl methyl sites for hydroxylation is 1. The molecule has 5 rings (SSSR count). The maximum atomic E-state index is 12.2. The predicted octanol–water partition coefficient (Wildman–Crippen LogP) is -6.59. The summed E-state index contributed by atoms with van der Waals surface area (Å²) in [4.78, 5) is 11.0. The molecular weight excluding hydrogens is 763 g/mol. The number of azo groups is 1. The second-order valence-electron chi connectivity index (χ2n) is 9.63. The molecule has 0 radical (unpaired) electrons. The molecule has 1 aromatic heterocycles. The van der Waals surface area contributed by atoms with E-state index in [1.165, 1.54) is 13.0 Å². The third-order valence-corrected chi connectivity index (χ3v) is 9.16. The van der Waals surface area contributed by atoms with E-state index < -0.39 is 72.9 Å². The number of hydrogen-bond acceptors (Lipinski definition) is 18. The zero-order valence-corrected chi connectivity index (χ0v) is 35.3. The Morgan fingerprint density at radius 3 is 2.08 bits per heavy atom. The second kappa shape index (κ2) is 17.2. The summed E-state index contributed by atoms with van der Waals surface area (Å²) in [5, 5.41) is 20.0. The summed E-state index contributed by atoms with van der Waals surface area (Å²) in [7, 11) is -15.8. The number of morpholine rings is 1. The van der Waals surface area contributed by atoms with E-state index in [1.807, 2.05) is 0 Å². The summed E-state index contributed by atoms with van der Waals surface area (Å²) in [6.45, 7) is 3.00. The number of nitrogens with zero attached hydrogens (tertiary/aromatic N) is 6. The Morgan fingerprint density at radius 2 is 1.49 bits per heavy atom. The molecule has 0 amide bonds. The van der Waals surface area contributed by atoms with Gasteiger partial charge in [0.2, 0.25) is 17.2 Å². The number of anilines is 3. The first-order valence-corrected chi connectivity index (χ1v) is 17.3. The molecule has 0 spiro atoms.